The summed E-state index contributed by atoms with van der Waals surface area (Å²) in [6.45, 7) is 1.88. The predicted octanol–water partition coefficient (Wildman–Crippen LogP) is 2.35. The zero-order valence-electron chi connectivity index (χ0n) is 4.97. The molecule has 0 unspecified atom stereocenters. The molecule has 1 aromatic heterocycles. The van der Waals surface area contributed by atoms with Crippen LogP contribution in [0.4, 0.5) is 0 Å². The first-order valence-electron chi connectivity index (χ1n) is 2.52. The van der Waals surface area contributed by atoms with E-state index in [-0.39, 0.29) is 0 Å². The molecule has 48 valence electrons. The van der Waals surface area contributed by atoms with E-state index < -0.39 is 0 Å². The minimum Gasteiger partial charge on any atom is -0.445 e. The van der Waals surface area contributed by atoms with Crippen LogP contribution in [-0.2, 0) is 0 Å². The van der Waals surface area contributed by atoms with Gasteiger partial charge < -0.3 is 4.42 Å². The fraction of sp³-hybridized carbons (Fsp3) is 0.167. The van der Waals surface area contributed by atoms with E-state index in [0.29, 0.717) is 5.89 Å². The van der Waals surface area contributed by atoms with Gasteiger partial charge in [-0.3, -0.25) is 0 Å². The topological polar surface area (TPSA) is 26.0 Å². The van der Waals surface area contributed by atoms with E-state index in [1.165, 1.54) is 0 Å². The van der Waals surface area contributed by atoms with Gasteiger partial charge in [-0.05, 0) is 11.9 Å². The van der Waals surface area contributed by atoms with Gasteiger partial charge in [-0.1, -0.05) is 15.9 Å². The third-order valence-corrected chi connectivity index (χ3v) is 1.11. The van der Waals surface area contributed by atoms with Crippen LogP contribution in [0.2, 0.25) is 0 Å². The van der Waals surface area contributed by atoms with Gasteiger partial charge in [0, 0.05) is 6.08 Å². The molecule has 1 aromatic rings. The minimum atomic E-state index is 0.629. The summed E-state index contributed by atoms with van der Waals surface area (Å²) in [4.78, 5) is 5.72. The second kappa shape index (κ2) is 2.82. The highest BCUT2D eigenvalue weighted by atomic mass is 79.9. The van der Waals surface area contributed by atoms with Gasteiger partial charge in [0.1, 0.15) is 6.26 Å². The SMILES string of the molecule is Cc1coc(/C=C\Br)n1. The lowest BCUT2D eigenvalue weighted by Gasteiger charge is -1.74. The average molecular weight is 188 g/mol. The number of hydrogen-bond donors (Lipinski definition) is 0. The normalized spacial score (nSPS) is 10.9. The van der Waals surface area contributed by atoms with Crippen LogP contribution in [0.5, 0.6) is 0 Å². The number of aromatic nitrogens is 1. The fourth-order valence-corrected chi connectivity index (χ4v) is 0.729. The van der Waals surface area contributed by atoms with Crippen LogP contribution in [0.3, 0.4) is 0 Å². The summed E-state index contributed by atoms with van der Waals surface area (Å²) in [5.41, 5.74) is 0.899. The van der Waals surface area contributed by atoms with Crippen LogP contribution in [0, 0.1) is 6.92 Å². The summed E-state index contributed by atoms with van der Waals surface area (Å²) < 4.78 is 4.98. The number of hydrogen-bond acceptors (Lipinski definition) is 2. The van der Waals surface area contributed by atoms with Crippen molar-refractivity contribution in [3.05, 3.63) is 22.8 Å². The number of aryl methyl sites for hydroxylation is 1. The van der Waals surface area contributed by atoms with Crippen LogP contribution in [0.25, 0.3) is 6.08 Å². The van der Waals surface area contributed by atoms with E-state index in [9.17, 15) is 0 Å². The Morgan fingerprint density at radius 3 is 3.00 bits per heavy atom. The van der Waals surface area contributed by atoms with Crippen molar-refractivity contribution in [2.24, 2.45) is 0 Å². The Hall–Kier alpha value is -0.570. The van der Waals surface area contributed by atoms with Crippen LogP contribution >= 0.6 is 15.9 Å². The van der Waals surface area contributed by atoms with E-state index in [4.69, 9.17) is 4.42 Å². The van der Waals surface area contributed by atoms with Gasteiger partial charge in [0.2, 0.25) is 5.89 Å². The van der Waals surface area contributed by atoms with Crippen molar-refractivity contribution in [1.82, 2.24) is 4.98 Å². The standard InChI is InChI=1S/C6H6BrNO/c1-5-4-9-6(8-5)2-3-7/h2-4H,1H3/b3-2-. The molecule has 0 bridgehead atoms. The lowest BCUT2D eigenvalue weighted by Crippen LogP contribution is -1.69. The fourth-order valence-electron chi connectivity index (χ4n) is 0.503. The average Bonchev–Trinajstić information content (AvgIpc) is 2.17. The highest BCUT2D eigenvalue weighted by molar-refractivity contribution is 9.11. The summed E-state index contributed by atoms with van der Waals surface area (Å²) in [6.07, 6.45) is 3.36. The largest absolute Gasteiger partial charge is 0.445 e. The number of oxazole rings is 1. The van der Waals surface area contributed by atoms with Crippen molar-refractivity contribution in [1.29, 1.82) is 0 Å². The Kier molecular flexibility index (Phi) is 2.05. The molecular formula is C6H6BrNO. The number of nitrogens with zero attached hydrogens (tertiary/aromatic N) is 1. The molecule has 0 saturated carbocycles. The molecule has 1 rings (SSSR count). The van der Waals surface area contributed by atoms with E-state index in [1.54, 1.807) is 17.3 Å². The lowest BCUT2D eigenvalue weighted by molar-refractivity contribution is 0.546. The maximum atomic E-state index is 4.98. The predicted molar refractivity (Wildman–Crippen MR) is 39.2 cm³/mol. The Morgan fingerprint density at radius 1 is 1.78 bits per heavy atom. The van der Waals surface area contributed by atoms with Gasteiger partial charge in [0.25, 0.3) is 0 Å². The molecule has 0 atom stereocenters. The van der Waals surface area contributed by atoms with Gasteiger partial charge >= 0.3 is 0 Å². The molecule has 0 aliphatic rings. The quantitative estimate of drug-likeness (QED) is 0.675. The van der Waals surface area contributed by atoms with Gasteiger partial charge in [0.05, 0.1) is 5.69 Å². The summed E-state index contributed by atoms with van der Waals surface area (Å²) in [5, 5.41) is 0. The molecule has 9 heavy (non-hydrogen) atoms. The van der Waals surface area contributed by atoms with Crippen molar-refractivity contribution < 1.29 is 4.42 Å². The molecule has 1 heterocycles. The zero-order chi connectivity index (χ0) is 6.69. The van der Waals surface area contributed by atoms with Gasteiger partial charge in [-0.2, -0.15) is 0 Å². The maximum absolute atomic E-state index is 4.98. The molecule has 0 aromatic carbocycles. The second-order valence-electron chi connectivity index (χ2n) is 1.62. The first-order chi connectivity index (χ1) is 4.33. The molecule has 0 fully saturated rings. The number of halogens is 1. The van der Waals surface area contributed by atoms with Gasteiger partial charge in [-0.15, -0.1) is 0 Å². The van der Waals surface area contributed by atoms with Crippen LogP contribution < -0.4 is 0 Å². The molecule has 2 nitrogen and oxygen atoms in total. The summed E-state index contributed by atoms with van der Waals surface area (Å²) >= 11 is 3.11. The molecule has 0 saturated heterocycles. The highest BCUT2D eigenvalue weighted by Gasteiger charge is 1.91. The van der Waals surface area contributed by atoms with E-state index >= 15 is 0 Å². The Morgan fingerprint density at radius 2 is 2.56 bits per heavy atom. The van der Waals surface area contributed by atoms with Crippen LogP contribution in [0.15, 0.2) is 15.7 Å². The first-order valence-corrected chi connectivity index (χ1v) is 3.43. The second-order valence-corrected chi connectivity index (χ2v) is 2.15. The summed E-state index contributed by atoms with van der Waals surface area (Å²) in [6, 6.07) is 0. The molecule has 0 spiro atoms. The summed E-state index contributed by atoms with van der Waals surface area (Å²) in [5.74, 6) is 0.629. The van der Waals surface area contributed by atoms with Gasteiger partial charge in [0.15, 0.2) is 0 Å². The van der Waals surface area contributed by atoms with Crippen molar-refractivity contribution in [3.63, 3.8) is 0 Å². The van der Waals surface area contributed by atoms with E-state index in [1.807, 2.05) is 6.92 Å². The molecule has 0 N–H and O–H groups in total. The smallest absolute Gasteiger partial charge is 0.219 e. The van der Waals surface area contributed by atoms with Crippen LogP contribution in [-0.4, -0.2) is 4.98 Å². The minimum absolute atomic E-state index is 0.629. The third-order valence-electron chi connectivity index (χ3n) is 0.842. The van der Waals surface area contributed by atoms with Crippen molar-refractivity contribution in [2.75, 3.05) is 0 Å². The molecule has 0 aliphatic heterocycles. The monoisotopic (exact) mass is 187 g/mol. The van der Waals surface area contributed by atoms with Crippen molar-refractivity contribution in [2.45, 2.75) is 6.92 Å². The Balaban J connectivity index is 2.85. The molecule has 0 radical (unpaired) electrons. The third kappa shape index (κ3) is 1.68. The zero-order valence-corrected chi connectivity index (χ0v) is 6.55. The van der Waals surface area contributed by atoms with Crippen molar-refractivity contribution >= 4 is 22.0 Å². The van der Waals surface area contributed by atoms with Gasteiger partial charge in [-0.25, -0.2) is 4.98 Å². The van der Waals surface area contributed by atoms with Crippen molar-refractivity contribution in [3.8, 4) is 0 Å². The molecule has 3 heteroatoms. The van der Waals surface area contributed by atoms with E-state index in [0.717, 1.165) is 5.69 Å². The first kappa shape index (κ1) is 6.55. The van der Waals surface area contributed by atoms with Crippen LogP contribution in [0.1, 0.15) is 11.6 Å². The highest BCUT2D eigenvalue weighted by Crippen LogP contribution is 2.02. The summed E-state index contributed by atoms with van der Waals surface area (Å²) in [7, 11) is 0. The Labute approximate surface area is 61.7 Å². The lowest BCUT2D eigenvalue weighted by atomic mass is 10.6. The van der Waals surface area contributed by atoms with E-state index in [2.05, 4.69) is 20.9 Å². The molecular weight excluding hydrogens is 182 g/mol. The number of rotatable bonds is 1. The Bertz CT molecular complexity index is 217. The molecule has 0 amide bonds. The molecule has 0 aliphatic carbocycles. The maximum Gasteiger partial charge on any atom is 0.219 e.